The molecule has 0 aromatic carbocycles. The van der Waals surface area contributed by atoms with E-state index < -0.39 is 26.5 Å². The van der Waals surface area contributed by atoms with E-state index in [4.69, 9.17) is 18.5 Å². The average molecular weight is 1000 g/mol. The van der Waals surface area contributed by atoms with Crippen LogP contribution in [0.25, 0.3) is 0 Å². The number of likely N-dealkylation sites (N-methyl/N-ethyl adjacent to an activating group) is 1. The second-order valence-electron chi connectivity index (χ2n) is 19.9. The van der Waals surface area contributed by atoms with Crippen LogP contribution in [0.3, 0.4) is 0 Å². The molecule has 10 heteroatoms. The number of hydrogen-bond acceptors (Lipinski definition) is 7. The van der Waals surface area contributed by atoms with Gasteiger partial charge in [0.05, 0.1) is 27.7 Å². The zero-order chi connectivity index (χ0) is 51.3. The standard InChI is InChI=1S/C60H106NO8P/c1-6-8-10-12-14-16-18-20-22-24-25-26-27-28-29-30-31-32-33-34-35-37-39-41-43-45-47-49-51-53-60(63)69-58(57-68-70(64,65)67-55-54-61(3,4)5)56-66-59(62)52-50-48-46-44-42-40-38-36-23-21-19-17-15-13-11-9-7-2/h8,10,14-17,20-23,25-26,28-29,58H,6-7,9,11-13,18-19,24,27,30-57H2,1-5H3/p+1/b10-8-,16-14-,17-15-,22-20-,23-21-,26-25-,29-28-. The highest BCUT2D eigenvalue weighted by Crippen LogP contribution is 2.43. The zero-order valence-corrected chi connectivity index (χ0v) is 46.6. The molecule has 70 heavy (non-hydrogen) atoms. The third-order valence-corrected chi connectivity index (χ3v) is 12.9. The van der Waals surface area contributed by atoms with E-state index in [1.807, 2.05) is 21.1 Å². The van der Waals surface area contributed by atoms with Crippen LogP contribution >= 0.6 is 7.82 Å². The van der Waals surface area contributed by atoms with Crippen molar-refractivity contribution in [2.75, 3.05) is 47.5 Å². The van der Waals surface area contributed by atoms with Crippen LogP contribution in [0.2, 0.25) is 0 Å². The topological polar surface area (TPSA) is 108 Å². The van der Waals surface area contributed by atoms with Crippen LogP contribution in [0, 0.1) is 0 Å². The molecule has 0 aliphatic heterocycles. The molecule has 0 aliphatic carbocycles. The van der Waals surface area contributed by atoms with Crippen LogP contribution in [-0.4, -0.2) is 74.9 Å². The molecule has 1 N–H and O–H groups in total. The first-order chi connectivity index (χ1) is 34.0. The molecule has 0 aliphatic rings. The molecule has 2 atom stereocenters. The normalized spacial score (nSPS) is 14.0. The van der Waals surface area contributed by atoms with Crippen LogP contribution in [0.5, 0.6) is 0 Å². The predicted octanol–water partition coefficient (Wildman–Crippen LogP) is 17.5. The maximum absolute atomic E-state index is 12.8. The minimum absolute atomic E-state index is 0.0271. The molecule has 0 spiro atoms. The molecule has 0 fully saturated rings. The second-order valence-corrected chi connectivity index (χ2v) is 21.4. The van der Waals surface area contributed by atoms with Gasteiger partial charge in [-0.25, -0.2) is 4.57 Å². The molecule has 2 unspecified atom stereocenters. The molecule has 0 saturated heterocycles. The number of phosphoric acid groups is 1. The lowest BCUT2D eigenvalue weighted by atomic mass is 10.0. The molecule has 0 saturated carbocycles. The summed E-state index contributed by atoms with van der Waals surface area (Å²) in [4.78, 5) is 35.6. The summed E-state index contributed by atoms with van der Waals surface area (Å²) in [7, 11) is 1.47. The number of rotatable bonds is 51. The highest BCUT2D eigenvalue weighted by atomic mass is 31.2. The van der Waals surface area contributed by atoms with Gasteiger partial charge in [-0.2, -0.15) is 0 Å². The maximum atomic E-state index is 12.8. The summed E-state index contributed by atoms with van der Waals surface area (Å²) in [5.41, 5.74) is 0. The lowest BCUT2D eigenvalue weighted by Crippen LogP contribution is -2.37. The number of allylic oxidation sites excluding steroid dienone is 14. The van der Waals surface area contributed by atoms with E-state index in [1.54, 1.807) is 0 Å². The molecule has 0 aromatic rings. The molecule has 9 nitrogen and oxygen atoms in total. The summed E-state index contributed by atoms with van der Waals surface area (Å²) >= 11 is 0. The summed E-state index contributed by atoms with van der Waals surface area (Å²) in [5, 5.41) is 0. The average Bonchev–Trinajstić information content (AvgIpc) is 3.32. The van der Waals surface area contributed by atoms with Gasteiger partial charge in [0.15, 0.2) is 6.10 Å². The van der Waals surface area contributed by atoms with E-state index >= 15 is 0 Å². The minimum Gasteiger partial charge on any atom is -0.462 e. The quantitative estimate of drug-likeness (QED) is 0.0211. The van der Waals surface area contributed by atoms with Gasteiger partial charge < -0.3 is 18.9 Å². The molecule has 0 aromatic heterocycles. The number of esters is 2. The fourth-order valence-electron chi connectivity index (χ4n) is 7.54. The second kappa shape index (κ2) is 51.1. The summed E-state index contributed by atoms with van der Waals surface area (Å²) in [6, 6.07) is 0. The molecule has 404 valence electrons. The monoisotopic (exact) mass is 1000 g/mol. The first kappa shape index (κ1) is 67.2. The molecular formula is C60H107NO8P+. The van der Waals surface area contributed by atoms with E-state index in [0.717, 1.165) is 89.9 Å². The van der Waals surface area contributed by atoms with E-state index in [-0.39, 0.29) is 32.0 Å². The van der Waals surface area contributed by atoms with Crippen molar-refractivity contribution in [1.82, 2.24) is 0 Å². The Hall–Kier alpha value is -2.81. The Kier molecular flexibility index (Phi) is 49.1. The number of carbonyl (C=O) groups excluding carboxylic acids is 2. The predicted molar refractivity (Wildman–Crippen MR) is 298 cm³/mol. The van der Waals surface area contributed by atoms with Crippen LogP contribution < -0.4 is 0 Å². The van der Waals surface area contributed by atoms with Crippen LogP contribution in [0.1, 0.15) is 232 Å². The van der Waals surface area contributed by atoms with Crippen molar-refractivity contribution in [3.8, 4) is 0 Å². The summed E-state index contributed by atoms with van der Waals surface area (Å²) in [5.74, 6) is -0.808. The van der Waals surface area contributed by atoms with Gasteiger partial charge in [-0.1, -0.05) is 214 Å². The van der Waals surface area contributed by atoms with E-state index in [9.17, 15) is 19.0 Å². The van der Waals surface area contributed by atoms with Crippen molar-refractivity contribution >= 4 is 19.8 Å². The van der Waals surface area contributed by atoms with E-state index in [1.165, 1.54) is 109 Å². The lowest BCUT2D eigenvalue weighted by Gasteiger charge is -2.24. The van der Waals surface area contributed by atoms with Gasteiger partial charge in [0.1, 0.15) is 19.8 Å². The summed E-state index contributed by atoms with van der Waals surface area (Å²) < 4.78 is 34.5. The fourth-order valence-corrected chi connectivity index (χ4v) is 8.28. The molecule has 0 radical (unpaired) electrons. The summed E-state index contributed by atoms with van der Waals surface area (Å²) in [6.45, 7) is 4.29. The highest BCUT2D eigenvalue weighted by Gasteiger charge is 2.27. The third-order valence-electron chi connectivity index (χ3n) is 11.9. The third kappa shape index (κ3) is 54.5. The van der Waals surface area contributed by atoms with Crippen molar-refractivity contribution in [1.29, 1.82) is 0 Å². The highest BCUT2D eigenvalue weighted by molar-refractivity contribution is 7.47. The van der Waals surface area contributed by atoms with Gasteiger partial charge in [0.2, 0.25) is 0 Å². The van der Waals surface area contributed by atoms with Gasteiger partial charge in [-0.05, 0) is 89.9 Å². The maximum Gasteiger partial charge on any atom is 0.472 e. The molecular weight excluding hydrogens is 894 g/mol. The number of carbonyl (C=O) groups is 2. The van der Waals surface area contributed by atoms with Crippen LogP contribution in [0.15, 0.2) is 85.1 Å². The number of phosphoric ester groups is 1. The number of nitrogens with zero attached hydrogens (tertiary/aromatic N) is 1. The van der Waals surface area contributed by atoms with E-state index in [0.29, 0.717) is 17.4 Å². The molecule has 0 heterocycles. The first-order valence-electron chi connectivity index (χ1n) is 28.3. The Morgan fingerprint density at radius 3 is 1.21 bits per heavy atom. The molecule has 0 rings (SSSR count). The van der Waals surface area contributed by atoms with Gasteiger partial charge in [-0.15, -0.1) is 0 Å². The van der Waals surface area contributed by atoms with Crippen molar-refractivity contribution < 1.29 is 42.1 Å². The summed E-state index contributed by atoms with van der Waals surface area (Å²) in [6.07, 6.45) is 67.8. The zero-order valence-electron chi connectivity index (χ0n) is 45.7. The van der Waals surface area contributed by atoms with Crippen molar-refractivity contribution in [2.24, 2.45) is 0 Å². The largest absolute Gasteiger partial charge is 0.472 e. The van der Waals surface area contributed by atoms with E-state index in [2.05, 4.69) is 98.9 Å². The Morgan fingerprint density at radius 2 is 0.814 bits per heavy atom. The molecule has 0 bridgehead atoms. The number of ether oxygens (including phenoxy) is 2. The van der Waals surface area contributed by atoms with Gasteiger partial charge in [-0.3, -0.25) is 18.6 Å². The Labute approximate surface area is 431 Å². The Balaban J connectivity index is 4.16. The minimum atomic E-state index is -4.39. The smallest absolute Gasteiger partial charge is 0.462 e. The SMILES string of the molecule is CC/C=C\C/C=C\C/C=C\C/C=C\C/C=C\CCCCCCCCCCCCCCCC(=O)OC(COC(=O)CCCCCCCCC/C=C\C/C=C\CCCCC)COP(=O)(O)OCC[N+](C)(C)C. The van der Waals surface area contributed by atoms with Crippen molar-refractivity contribution in [3.63, 3.8) is 0 Å². The Morgan fingerprint density at radius 1 is 0.457 bits per heavy atom. The number of unbranched alkanes of at least 4 members (excludes halogenated alkanes) is 23. The van der Waals surface area contributed by atoms with Crippen molar-refractivity contribution in [2.45, 2.75) is 238 Å². The Bertz CT molecular complexity index is 1460. The van der Waals surface area contributed by atoms with Crippen molar-refractivity contribution in [3.05, 3.63) is 85.1 Å². The lowest BCUT2D eigenvalue weighted by molar-refractivity contribution is -0.870. The van der Waals surface area contributed by atoms with Gasteiger partial charge in [0, 0.05) is 12.8 Å². The van der Waals surface area contributed by atoms with Gasteiger partial charge >= 0.3 is 19.8 Å². The first-order valence-corrected chi connectivity index (χ1v) is 29.8. The number of quaternary nitrogens is 1. The number of hydrogen-bond donors (Lipinski definition) is 1. The molecule has 0 amide bonds. The van der Waals surface area contributed by atoms with Crippen LogP contribution in [-0.2, 0) is 32.7 Å². The van der Waals surface area contributed by atoms with Crippen LogP contribution in [0.4, 0.5) is 0 Å². The fraction of sp³-hybridized carbons (Fsp3) is 0.733. The van der Waals surface area contributed by atoms with Gasteiger partial charge in [0.25, 0.3) is 0 Å².